The van der Waals surface area contributed by atoms with Gasteiger partial charge in [-0.25, -0.2) is 4.79 Å². The molecule has 5 rings (SSSR count). The third kappa shape index (κ3) is 4.02. The van der Waals surface area contributed by atoms with E-state index in [1.165, 1.54) is 12.1 Å². The Morgan fingerprint density at radius 3 is 2.35 bits per heavy atom. The molecule has 1 aliphatic carbocycles. The average Bonchev–Trinajstić information content (AvgIpc) is 3.12. The highest BCUT2D eigenvalue weighted by atomic mass is 35.5. The average molecular weight is 506 g/mol. The van der Waals surface area contributed by atoms with Crippen LogP contribution in [0, 0.1) is 0 Å². The van der Waals surface area contributed by atoms with Gasteiger partial charge in [0.2, 0.25) is 0 Å². The van der Waals surface area contributed by atoms with E-state index >= 15 is 0 Å². The number of fused-ring (bicyclic) bond motifs is 3. The Bertz CT molecular complexity index is 1290. The number of carbonyl (C=O) groups excluding carboxylic acids is 1. The van der Waals surface area contributed by atoms with Crippen LogP contribution in [0.1, 0.15) is 22.3 Å². The number of rotatable bonds is 2. The maximum absolute atomic E-state index is 12.9. The number of hydrogen-bond acceptors (Lipinski definition) is 3. The fourth-order valence-corrected chi connectivity index (χ4v) is 4.48. The fraction of sp³-hybridized carbons (Fsp3) is 0.167. The number of ether oxygens (including phenoxy) is 1. The first-order valence-electron chi connectivity index (χ1n) is 10.2. The Morgan fingerprint density at radius 2 is 1.68 bits per heavy atom. The number of nitrogens with zero attached hydrogens (tertiary/aromatic N) is 2. The van der Waals surface area contributed by atoms with Gasteiger partial charge in [0.1, 0.15) is 18.0 Å². The van der Waals surface area contributed by atoms with Crippen molar-refractivity contribution in [2.75, 3.05) is 12.0 Å². The molecule has 1 atom stereocenters. The number of hydrazone groups is 1. The van der Waals surface area contributed by atoms with Gasteiger partial charge in [0.15, 0.2) is 0 Å². The molecular weight excluding hydrogens is 490 g/mol. The Kier molecular flexibility index (Phi) is 5.55. The molecule has 2 aliphatic rings. The molecule has 0 bridgehead atoms. The summed E-state index contributed by atoms with van der Waals surface area (Å²) in [7, 11) is 0. The zero-order valence-electron chi connectivity index (χ0n) is 17.4. The lowest BCUT2D eigenvalue weighted by Gasteiger charge is -2.37. The number of amides is 2. The van der Waals surface area contributed by atoms with E-state index in [4.69, 9.17) is 27.9 Å². The zero-order chi connectivity index (χ0) is 24.1. The van der Waals surface area contributed by atoms with Crippen LogP contribution in [-0.4, -0.2) is 23.5 Å². The van der Waals surface area contributed by atoms with Gasteiger partial charge in [0.25, 0.3) is 0 Å². The third-order valence-electron chi connectivity index (χ3n) is 5.81. The third-order valence-corrected chi connectivity index (χ3v) is 6.29. The van der Waals surface area contributed by atoms with Gasteiger partial charge in [-0.3, -0.25) is 0 Å². The second kappa shape index (κ2) is 8.30. The molecule has 3 aromatic carbocycles. The minimum Gasteiger partial charge on any atom is -0.341 e. The Morgan fingerprint density at radius 1 is 1.00 bits per heavy atom. The molecule has 10 heteroatoms. The molecule has 34 heavy (non-hydrogen) atoms. The number of halogens is 5. The van der Waals surface area contributed by atoms with E-state index in [-0.39, 0.29) is 12.4 Å². The monoisotopic (exact) mass is 505 g/mol. The minimum atomic E-state index is -4.46. The van der Waals surface area contributed by atoms with Gasteiger partial charge in [0, 0.05) is 27.7 Å². The van der Waals surface area contributed by atoms with E-state index in [0.29, 0.717) is 22.2 Å². The number of anilines is 1. The quantitative estimate of drug-likeness (QED) is 0.421. The lowest BCUT2D eigenvalue weighted by Crippen LogP contribution is -2.48. The molecular formula is C24H16Cl2F3N3O2. The van der Waals surface area contributed by atoms with Crippen molar-refractivity contribution in [1.29, 1.82) is 0 Å². The molecule has 3 aromatic rings. The van der Waals surface area contributed by atoms with Gasteiger partial charge in [-0.1, -0.05) is 41.4 Å². The van der Waals surface area contributed by atoms with Crippen molar-refractivity contribution in [2.45, 2.75) is 18.2 Å². The summed E-state index contributed by atoms with van der Waals surface area (Å²) in [5.41, 5.74) is 1.55. The number of alkyl halides is 3. The summed E-state index contributed by atoms with van der Waals surface area (Å²) < 4.78 is 44.7. The summed E-state index contributed by atoms with van der Waals surface area (Å²) in [6.45, 7) is -0.166. The molecule has 174 valence electrons. The summed E-state index contributed by atoms with van der Waals surface area (Å²) in [5.74, 6) is 0. The summed E-state index contributed by atoms with van der Waals surface area (Å²) >= 11 is 12.3. The van der Waals surface area contributed by atoms with Crippen LogP contribution in [0.3, 0.4) is 0 Å². The van der Waals surface area contributed by atoms with Crippen molar-refractivity contribution >= 4 is 40.6 Å². The van der Waals surface area contributed by atoms with Crippen molar-refractivity contribution in [3.8, 4) is 0 Å². The summed E-state index contributed by atoms with van der Waals surface area (Å²) in [6.07, 6.45) is -3.99. The smallest absolute Gasteiger partial charge is 0.341 e. The second-order valence-electron chi connectivity index (χ2n) is 7.94. The van der Waals surface area contributed by atoms with Crippen LogP contribution in [-0.2, 0) is 22.9 Å². The molecule has 0 aromatic heterocycles. The number of benzene rings is 3. The number of nitrogens with one attached hydrogen (secondary N) is 1. The van der Waals surface area contributed by atoms with Gasteiger partial charge in [-0.15, -0.1) is 0 Å². The van der Waals surface area contributed by atoms with E-state index in [1.807, 2.05) is 24.3 Å². The van der Waals surface area contributed by atoms with Crippen LogP contribution < -0.4 is 5.32 Å². The number of urea groups is 1. The predicted molar refractivity (Wildman–Crippen MR) is 123 cm³/mol. The first-order chi connectivity index (χ1) is 16.2. The van der Waals surface area contributed by atoms with E-state index < -0.39 is 23.4 Å². The summed E-state index contributed by atoms with van der Waals surface area (Å²) in [4.78, 5) is 12.9. The fourth-order valence-electron chi connectivity index (χ4n) is 4.16. The molecule has 0 fully saturated rings. The second-order valence-corrected chi connectivity index (χ2v) is 8.81. The Labute approximate surface area is 202 Å². The van der Waals surface area contributed by atoms with Crippen molar-refractivity contribution in [3.63, 3.8) is 0 Å². The Balaban J connectivity index is 1.47. The lowest BCUT2D eigenvalue weighted by molar-refractivity contribution is -0.137. The molecule has 1 aliphatic heterocycles. The van der Waals surface area contributed by atoms with Gasteiger partial charge >= 0.3 is 12.2 Å². The first kappa shape index (κ1) is 22.7. The molecule has 0 saturated heterocycles. The van der Waals surface area contributed by atoms with Crippen LogP contribution in [0.5, 0.6) is 0 Å². The van der Waals surface area contributed by atoms with Gasteiger partial charge in [-0.2, -0.15) is 23.3 Å². The SMILES string of the molecule is O=C(Nc1ccc(C(F)(F)F)cc1)N1COC2(c3ccc(Cl)cc3)Cc3cc(Cl)ccc3C2=N1. The molecule has 2 amide bonds. The molecule has 0 spiro atoms. The van der Waals surface area contributed by atoms with E-state index in [0.717, 1.165) is 33.8 Å². The van der Waals surface area contributed by atoms with Crippen molar-refractivity contribution in [1.82, 2.24) is 5.01 Å². The van der Waals surface area contributed by atoms with Gasteiger partial charge < -0.3 is 10.1 Å². The van der Waals surface area contributed by atoms with Crippen LogP contribution in [0.2, 0.25) is 10.0 Å². The molecule has 0 saturated carbocycles. The Hall–Kier alpha value is -3.07. The van der Waals surface area contributed by atoms with Crippen molar-refractivity contribution in [3.05, 3.63) is 99.0 Å². The first-order valence-corrected chi connectivity index (χ1v) is 10.9. The van der Waals surface area contributed by atoms with Gasteiger partial charge in [0.05, 0.1) is 5.56 Å². The zero-order valence-corrected chi connectivity index (χ0v) is 18.9. The van der Waals surface area contributed by atoms with Crippen LogP contribution in [0.25, 0.3) is 0 Å². The lowest BCUT2D eigenvalue weighted by atomic mass is 9.88. The number of carbonyl (C=O) groups is 1. The van der Waals surface area contributed by atoms with Gasteiger partial charge in [-0.05, 0) is 59.7 Å². The van der Waals surface area contributed by atoms with Crippen molar-refractivity contribution < 1.29 is 22.7 Å². The van der Waals surface area contributed by atoms with Crippen LogP contribution in [0.15, 0.2) is 71.8 Å². The van der Waals surface area contributed by atoms with Crippen LogP contribution in [0.4, 0.5) is 23.7 Å². The largest absolute Gasteiger partial charge is 0.416 e. The highest BCUT2D eigenvalue weighted by Crippen LogP contribution is 2.44. The highest BCUT2D eigenvalue weighted by molar-refractivity contribution is 6.31. The molecule has 1 unspecified atom stereocenters. The maximum atomic E-state index is 12.9. The normalized spacial score (nSPS) is 19.3. The standard InChI is InChI=1S/C24H16Cl2F3N3O2/c25-17-5-1-15(2-6-17)23-12-14-11-18(26)7-10-20(14)21(23)31-32(13-34-23)22(33)30-19-8-3-16(4-9-19)24(27,28)29/h1-11H,12-13H2,(H,30,33). The summed E-state index contributed by atoms with van der Waals surface area (Å²) in [6, 6.07) is 16.1. The minimum absolute atomic E-state index is 0.166. The van der Waals surface area contributed by atoms with Crippen LogP contribution >= 0.6 is 23.2 Å². The molecule has 1 heterocycles. The molecule has 1 N–H and O–H groups in total. The van der Waals surface area contributed by atoms with E-state index in [9.17, 15) is 18.0 Å². The number of hydrogen-bond donors (Lipinski definition) is 1. The van der Waals surface area contributed by atoms with E-state index in [1.54, 1.807) is 18.2 Å². The summed E-state index contributed by atoms with van der Waals surface area (Å²) in [5, 5.41) is 9.40. The maximum Gasteiger partial charge on any atom is 0.416 e. The van der Waals surface area contributed by atoms with Crippen molar-refractivity contribution in [2.24, 2.45) is 5.10 Å². The topological polar surface area (TPSA) is 53.9 Å². The molecule has 0 radical (unpaired) electrons. The highest BCUT2D eigenvalue weighted by Gasteiger charge is 2.49. The predicted octanol–water partition coefficient (Wildman–Crippen LogP) is 6.69. The molecule has 5 nitrogen and oxygen atoms in total. The van der Waals surface area contributed by atoms with E-state index in [2.05, 4.69) is 10.4 Å².